The van der Waals surface area contributed by atoms with E-state index in [1.54, 1.807) is 30.3 Å². The molecule has 11 heteroatoms. The fraction of sp³-hybridized carbons (Fsp3) is 0.0556. The zero-order valence-corrected chi connectivity index (χ0v) is 15.0. The minimum atomic E-state index is -5.36. The zero-order valence-electron chi connectivity index (χ0n) is 14.2. The van der Waals surface area contributed by atoms with Gasteiger partial charge in [-0.05, 0) is 17.7 Å². The summed E-state index contributed by atoms with van der Waals surface area (Å²) in [6.45, 7) is -0.243. The molecule has 0 amide bonds. The van der Waals surface area contributed by atoms with Crippen LogP contribution in [0.3, 0.4) is 0 Å². The molecule has 0 radical (unpaired) electrons. The molecule has 29 heavy (non-hydrogen) atoms. The molecule has 0 saturated heterocycles. The molecule has 0 fully saturated rings. The van der Waals surface area contributed by atoms with Gasteiger partial charge < -0.3 is 4.74 Å². The van der Waals surface area contributed by atoms with E-state index in [0.29, 0.717) is 11.8 Å². The van der Waals surface area contributed by atoms with Crippen molar-refractivity contribution in [2.45, 2.75) is 11.5 Å². The third kappa shape index (κ3) is 3.60. The van der Waals surface area contributed by atoms with Crippen LogP contribution in [0.2, 0.25) is 0 Å². The second-order valence-electron chi connectivity index (χ2n) is 5.66. The van der Waals surface area contributed by atoms with Crippen LogP contribution >= 0.6 is 0 Å². The Morgan fingerprint density at radius 1 is 0.828 bits per heavy atom. The maximum absolute atomic E-state index is 14.0. The normalized spacial score (nSPS) is 11.5. The van der Waals surface area contributed by atoms with Crippen LogP contribution in [-0.4, -0.2) is 18.4 Å². The van der Waals surface area contributed by atoms with Crippen molar-refractivity contribution in [2.75, 3.05) is 0 Å². The molecule has 3 aromatic rings. The van der Waals surface area contributed by atoms with Crippen molar-refractivity contribution in [3.63, 3.8) is 0 Å². The van der Waals surface area contributed by atoms with E-state index >= 15 is 0 Å². The van der Waals surface area contributed by atoms with Crippen LogP contribution in [-0.2, 0) is 21.4 Å². The summed E-state index contributed by atoms with van der Waals surface area (Å²) in [5.74, 6) is -13.6. The fourth-order valence-corrected chi connectivity index (χ4v) is 3.89. The first kappa shape index (κ1) is 20.5. The number of esters is 1. The highest BCUT2D eigenvalue weighted by Crippen LogP contribution is 2.29. The topological polar surface area (TPSA) is 65.4 Å². The van der Waals surface area contributed by atoms with Crippen LogP contribution in [0.1, 0.15) is 16.1 Å². The lowest BCUT2D eigenvalue weighted by molar-refractivity contribution is 0.0464. The van der Waals surface area contributed by atoms with Crippen molar-refractivity contribution in [1.29, 1.82) is 0 Å². The Hall–Kier alpha value is -3.21. The van der Waals surface area contributed by atoms with Gasteiger partial charge in [-0.25, -0.2) is 39.1 Å². The molecule has 5 nitrogen and oxygen atoms in total. The average Bonchev–Trinajstić information content (AvgIpc) is 3.21. The molecule has 0 aliphatic rings. The van der Waals surface area contributed by atoms with Crippen LogP contribution in [0, 0.1) is 29.1 Å². The third-order valence-electron chi connectivity index (χ3n) is 3.82. The molecule has 0 bridgehead atoms. The van der Waals surface area contributed by atoms with E-state index < -0.39 is 55.7 Å². The molecule has 1 heterocycles. The largest absolute Gasteiger partial charge is 0.456 e. The minimum Gasteiger partial charge on any atom is -0.456 e. The summed E-state index contributed by atoms with van der Waals surface area (Å²) in [6.07, 6.45) is 0.715. The number of nitrogens with zero attached hydrogens (tertiary/aromatic N) is 1. The smallest absolute Gasteiger partial charge is 0.356 e. The van der Waals surface area contributed by atoms with E-state index in [2.05, 4.69) is 0 Å². The van der Waals surface area contributed by atoms with Crippen LogP contribution in [0.5, 0.6) is 0 Å². The number of ether oxygens (including phenoxy) is 1. The third-order valence-corrected chi connectivity index (χ3v) is 5.53. The van der Waals surface area contributed by atoms with Gasteiger partial charge in [0.15, 0.2) is 28.2 Å². The quantitative estimate of drug-likeness (QED) is 0.267. The van der Waals surface area contributed by atoms with Crippen molar-refractivity contribution in [3.05, 3.63) is 89.0 Å². The van der Waals surface area contributed by atoms with E-state index in [0.717, 1.165) is 12.1 Å². The van der Waals surface area contributed by atoms with E-state index in [1.165, 1.54) is 0 Å². The zero-order chi connectivity index (χ0) is 21.3. The van der Waals surface area contributed by atoms with Gasteiger partial charge in [-0.1, -0.05) is 30.3 Å². The van der Waals surface area contributed by atoms with Gasteiger partial charge in [-0.2, -0.15) is 0 Å². The van der Waals surface area contributed by atoms with Gasteiger partial charge in [0.1, 0.15) is 12.3 Å². The number of rotatable bonds is 5. The maximum Gasteiger partial charge on any atom is 0.356 e. The first-order valence-corrected chi connectivity index (χ1v) is 9.25. The molecule has 0 N–H and O–H groups in total. The van der Waals surface area contributed by atoms with Crippen LogP contribution in [0.15, 0.2) is 53.6 Å². The molecule has 0 unspecified atom stereocenters. The number of hydrogen-bond donors (Lipinski definition) is 0. The van der Waals surface area contributed by atoms with Crippen LogP contribution in [0.25, 0.3) is 0 Å². The first-order valence-electron chi connectivity index (χ1n) is 7.81. The molecule has 152 valence electrons. The number of aromatic nitrogens is 1. The van der Waals surface area contributed by atoms with Crippen molar-refractivity contribution >= 4 is 16.0 Å². The summed E-state index contributed by atoms with van der Waals surface area (Å²) < 4.78 is 98.1. The minimum absolute atomic E-state index is 0.0819. The van der Waals surface area contributed by atoms with Gasteiger partial charge in [0.25, 0.3) is 10.0 Å². The van der Waals surface area contributed by atoms with Crippen LogP contribution < -0.4 is 0 Å². The summed E-state index contributed by atoms with van der Waals surface area (Å²) in [5.41, 5.74) is -0.119. The Morgan fingerprint density at radius 3 is 1.97 bits per heavy atom. The standard InChI is InChI=1S/C18H10F5NO4S/c19-12-13(20)15(22)17(16(23)14(12)21)29(26,27)24-8-4-7-11(24)18(25)28-9-10-5-2-1-3-6-10/h1-8H,9H2. The van der Waals surface area contributed by atoms with E-state index in [1.807, 2.05) is 0 Å². The molecule has 0 aliphatic heterocycles. The Morgan fingerprint density at radius 2 is 1.38 bits per heavy atom. The number of carbonyl (C=O) groups excluding carboxylic acids is 1. The van der Waals surface area contributed by atoms with Gasteiger partial charge >= 0.3 is 5.97 Å². The maximum atomic E-state index is 14.0. The van der Waals surface area contributed by atoms with Crippen molar-refractivity contribution in [2.24, 2.45) is 0 Å². The second kappa shape index (κ2) is 7.66. The highest BCUT2D eigenvalue weighted by Gasteiger charge is 2.36. The monoisotopic (exact) mass is 431 g/mol. The van der Waals surface area contributed by atoms with E-state index in [9.17, 15) is 35.2 Å². The molecule has 0 aliphatic carbocycles. The van der Waals surface area contributed by atoms with Gasteiger partial charge in [0.05, 0.1) is 0 Å². The van der Waals surface area contributed by atoms with Gasteiger partial charge in [0.2, 0.25) is 5.82 Å². The lowest BCUT2D eigenvalue weighted by Gasteiger charge is -2.13. The van der Waals surface area contributed by atoms with Gasteiger partial charge in [-0.3, -0.25) is 0 Å². The summed E-state index contributed by atoms with van der Waals surface area (Å²) in [4.78, 5) is 10.2. The average molecular weight is 431 g/mol. The SMILES string of the molecule is O=C(OCc1ccccc1)c1cccn1S(=O)(=O)c1c(F)c(F)c(F)c(F)c1F. The van der Waals surface area contributed by atoms with Crippen molar-refractivity contribution in [3.8, 4) is 0 Å². The predicted molar refractivity (Wildman–Crippen MR) is 88.8 cm³/mol. The van der Waals surface area contributed by atoms with Crippen molar-refractivity contribution in [1.82, 2.24) is 3.97 Å². The molecule has 0 saturated carbocycles. The molecular formula is C18H10F5NO4S. The number of carbonyl (C=O) groups is 1. The Kier molecular flexibility index (Phi) is 5.42. The van der Waals surface area contributed by atoms with Gasteiger partial charge in [-0.15, -0.1) is 0 Å². The molecule has 3 rings (SSSR count). The number of benzene rings is 2. The molecule has 2 aromatic carbocycles. The van der Waals surface area contributed by atoms with Gasteiger partial charge in [0, 0.05) is 6.20 Å². The fourth-order valence-electron chi connectivity index (χ4n) is 2.44. The summed E-state index contributed by atoms with van der Waals surface area (Å²) in [6, 6.07) is 10.3. The second-order valence-corrected chi connectivity index (χ2v) is 7.41. The lowest BCUT2D eigenvalue weighted by atomic mass is 10.2. The van der Waals surface area contributed by atoms with E-state index in [4.69, 9.17) is 4.74 Å². The number of halogens is 5. The highest BCUT2D eigenvalue weighted by molar-refractivity contribution is 7.90. The highest BCUT2D eigenvalue weighted by atomic mass is 32.2. The summed E-state index contributed by atoms with van der Waals surface area (Å²) in [7, 11) is -5.36. The number of hydrogen-bond acceptors (Lipinski definition) is 4. The molecule has 0 atom stereocenters. The molecule has 0 spiro atoms. The van der Waals surface area contributed by atoms with Crippen molar-refractivity contribution < 1.29 is 39.9 Å². The molecular weight excluding hydrogens is 421 g/mol. The summed E-state index contributed by atoms with van der Waals surface area (Å²) >= 11 is 0. The lowest BCUT2D eigenvalue weighted by Crippen LogP contribution is -2.23. The summed E-state index contributed by atoms with van der Waals surface area (Å²) in [5, 5.41) is 0. The Bertz CT molecular complexity index is 1160. The van der Waals surface area contributed by atoms with E-state index in [-0.39, 0.29) is 10.6 Å². The van der Waals surface area contributed by atoms with Crippen LogP contribution in [0.4, 0.5) is 22.0 Å². The Balaban J connectivity index is 2.01. The Labute approximate surface area is 161 Å². The predicted octanol–water partition coefficient (Wildman–Crippen LogP) is 3.78. The molecule has 1 aromatic heterocycles. The first-order chi connectivity index (χ1) is 13.7.